The van der Waals surface area contributed by atoms with Crippen LogP contribution in [0.3, 0.4) is 0 Å². The first-order valence-corrected chi connectivity index (χ1v) is 23.5. The Morgan fingerprint density at radius 1 is 0.667 bits per heavy atom. The second-order valence-corrected chi connectivity index (χ2v) is 17.1. The molecule has 11 atom stereocenters. The SMILES string of the molecule is CC[C@@H](OC(C)=O)[C@@H](OC(C)=O)C1O[C@@](O[C@@H]2C(OC(=O)c3ccccc3)C(O/C(=N/c3ccccc3)C(F)(F)F)OC(COC(=O)c3ccccc3)[C@H]2OC(=O)c2ccccc2)(C(=O)OC)C[C@@H](OC(C)=O)[C@H]1C. The summed E-state index contributed by atoms with van der Waals surface area (Å²) >= 11 is 0. The standard InChI is InChI=1S/C53H54F3NO18/c1-7-38(67-31(3)58)42(69-33(5)60)41-30(2)39(68-32(4)59)28-52(74-41,51(64)65-6)75-44-43(71-47(62)35-22-14-9-15-23-35)40(29-66-46(61)34-20-12-8-13-21-34)70-49(45(44)72-48(63)36-24-16-10-17-25-36)73-50(53(54,55)56)57-37-26-18-11-19-27-37/h8-27,30,38-45,49H,7,28-29H2,1-6H3/b57-50+/t30-,38-,39-,40?,41?,42-,43-,44+,45?,49?,52+/m1/s1. The Labute approximate surface area is 428 Å². The van der Waals surface area contributed by atoms with Gasteiger partial charge in [0.1, 0.15) is 37.1 Å². The van der Waals surface area contributed by atoms with E-state index in [4.69, 9.17) is 52.1 Å². The zero-order valence-corrected chi connectivity index (χ0v) is 41.4. The van der Waals surface area contributed by atoms with Crippen molar-refractivity contribution in [3.63, 3.8) is 0 Å². The number of halogens is 3. The molecule has 2 saturated heterocycles. The Kier molecular flexibility index (Phi) is 19.2. The van der Waals surface area contributed by atoms with Crippen molar-refractivity contribution in [3.05, 3.63) is 138 Å². The summed E-state index contributed by atoms with van der Waals surface area (Å²) in [6.07, 6.45) is -23.6. The number of rotatable bonds is 18. The third-order valence-electron chi connectivity index (χ3n) is 11.7. The van der Waals surface area contributed by atoms with Crippen LogP contribution in [0.1, 0.15) is 78.5 Å². The molecule has 6 rings (SSSR count). The van der Waals surface area contributed by atoms with E-state index >= 15 is 13.2 Å². The highest BCUT2D eigenvalue weighted by Crippen LogP contribution is 2.44. The van der Waals surface area contributed by atoms with Gasteiger partial charge in [0.05, 0.1) is 35.9 Å². The monoisotopic (exact) mass is 1050 g/mol. The Hall–Kier alpha value is -7.69. The van der Waals surface area contributed by atoms with Gasteiger partial charge < -0.3 is 52.1 Å². The highest BCUT2D eigenvalue weighted by Gasteiger charge is 2.63. The normalized spacial score (nSPS) is 24.5. The molecule has 2 aliphatic heterocycles. The number of ether oxygens (including phenoxy) is 11. The number of para-hydroxylation sites is 1. The van der Waals surface area contributed by atoms with E-state index in [-0.39, 0.29) is 28.8 Å². The Morgan fingerprint density at radius 3 is 1.65 bits per heavy atom. The van der Waals surface area contributed by atoms with Crippen molar-refractivity contribution in [2.24, 2.45) is 10.9 Å². The minimum atomic E-state index is -5.42. The number of benzene rings is 4. The highest BCUT2D eigenvalue weighted by molar-refractivity contribution is 5.91. The summed E-state index contributed by atoms with van der Waals surface area (Å²) < 4.78 is 111. The van der Waals surface area contributed by atoms with E-state index in [2.05, 4.69) is 4.99 Å². The molecule has 0 N–H and O–H groups in total. The van der Waals surface area contributed by atoms with Gasteiger partial charge in [-0.15, -0.1) is 0 Å². The van der Waals surface area contributed by atoms with Crippen LogP contribution in [-0.4, -0.2) is 128 Å². The van der Waals surface area contributed by atoms with Gasteiger partial charge in [-0.3, -0.25) is 14.4 Å². The lowest BCUT2D eigenvalue weighted by atomic mass is 9.83. The first-order chi connectivity index (χ1) is 35.7. The molecule has 0 spiro atoms. The van der Waals surface area contributed by atoms with Crippen molar-refractivity contribution in [2.75, 3.05) is 13.7 Å². The van der Waals surface area contributed by atoms with E-state index in [1.807, 2.05) is 0 Å². The van der Waals surface area contributed by atoms with Crippen LogP contribution in [0.25, 0.3) is 0 Å². The molecule has 400 valence electrons. The number of aliphatic imine (C=N–C) groups is 1. The maximum Gasteiger partial charge on any atom is 0.468 e. The van der Waals surface area contributed by atoms with Gasteiger partial charge in [-0.2, -0.15) is 13.2 Å². The summed E-state index contributed by atoms with van der Waals surface area (Å²) in [6, 6.07) is 28.5. The average Bonchev–Trinajstić information content (AvgIpc) is 3.39. The van der Waals surface area contributed by atoms with Crippen LogP contribution < -0.4 is 0 Å². The molecule has 4 aromatic carbocycles. The van der Waals surface area contributed by atoms with E-state index < -0.39 is 134 Å². The summed E-state index contributed by atoms with van der Waals surface area (Å²) in [7, 11) is 0.902. The summed E-state index contributed by atoms with van der Waals surface area (Å²) in [4.78, 5) is 98.8. The lowest BCUT2D eigenvalue weighted by molar-refractivity contribution is -0.367. The van der Waals surface area contributed by atoms with E-state index in [9.17, 15) is 33.6 Å². The average molecular weight is 1050 g/mol. The maximum absolute atomic E-state index is 15.3. The number of hydrogen-bond donors (Lipinski definition) is 0. The molecule has 22 heteroatoms. The number of nitrogens with zero attached hydrogens (tertiary/aromatic N) is 1. The molecule has 0 aromatic heterocycles. The van der Waals surface area contributed by atoms with Gasteiger partial charge >= 0.3 is 48.0 Å². The molecule has 0 amide bonds. The number of esters is 7. The zero-order valence-electron chi connectivity index (χ0n) is 41.4. The van der Waals surface area contributed by atoms with Crippen molar-refractivity contribution in [2.45, 2.75) is 115 Å². The maximum atomic E-state index is 15.3. The van der Waals surface area contributed by atoms with Gasteiger partial charge in [0.2, 0.25) is 6.29 Å². The van der Waals surface area contributed by atoms with Crippen LogP contribution in [0, 0.1) is 5.92 Å². The molecule has 2 aliphatic rings. The number of alkyl halides is 3. The van der Waals surface area contributed by atoms with Gasteiger partial charge in [-0.25, -0.2) is 24.2 Å². The molecular weight excluding hydrogens is 996 g/mol. The Bertz CT molecular complexity index is 2640. The van der Waals surface area contributed by atoms with Crippen LogP contribution in [0.2, 0.25) is 0 Å². The fraction of sp³-hybridized carbons (Fsp3) is 0.396. The molecule has 2 fully saturated rings. The number of methoxy groups -OCH3 is 1. The third kappa shape index (κ3) is 14.8. The molecule has 0 saturated carbocycles. The van der Waals surface area contributed by atoms with Crippen LogP contribution in [0.5, 0.6) is 0 Å². The summed E-state index contributed by atoms with van der Waals surface area (Å²) in [5, 5.41) is 0. The quantitative estimate of drug-likeness (QED) is 0.0414. The van der Waals surface area contributed by atoms with E-state index in [0.29, 0.717) is 0 Å². The molecule has 0 bridgehead atoms. The molecular formula is C53H54F3NO18. The fourth-order valence-electron chi connectivity index (χ4n) is 8.28. The van der Waals surface area contributed by atoms with Crippen molar-refractivity contribution >= 4 is 53.4 Å². The molecule has 4 unspecified atom stereocenters. The van der Waals surface area contributed by atoms with Crippen molar-refractivity contribution in [1.82, 2.24) is 0 Å². The second kappa shape index (κ2) is 25.5. The smallest absolute Gasteiger partial charge is 0.465 e. The molecule has 2 heterocycles. The zero-order chi connectivity index (χ0) is 54.5. The molecule has 0 radical (unpaired) electrons. The van der Waals surface area contributed by atoms with Gasteiger partial charge in [-0.1, -0.05) is 86.6 Å². The van der Waals surface area contributed by atoms with Crippen molar-refractivity contribution in [3.8, 4) is 0 Å². The molecule has 75 heavy (non-hydrogen) atoms. The van der Waals surface area contributed by atoms with Gasteiger partial charge in [-0.05, 0) is 55.0 Å². The van der Waals surface area contributed by atoms with E-state index in [0.717, 1.165) is 27.9 Å². The minimum Gasteiger partial charge on any atom is -0.465 e. The summed E-state index contributed by atoms with van der Waals surface area (Å²) in [5.41, 5.74) is -0.536. The highest BCUT2D eigenvalue weighted by atomic mass is 19.4. The largest absolute Gasteiger partial charge is 0.468 e. The minimum absolute atomic E-state index is 0.00848. The lowest BCUT2D eigenvalue weighted by Crippen LogP contribution is -2.69. The molecule has 4 aromatic rings. The van der Waals surface area contributed by atoms with Crippen LogP contribution in [0.4, 0.5) is 18.9 Å². The summed E-state index contributed by atoms with van der Waals surface area (Å²) in [5.74, 6) is -13.5. The van der Waals surface area contributed by atoms with Crippen LogP contribution in [0.15, 0.2) is 126 Å². The van der Waals surface area contributed by atoms with E-state index in [1.165, 1.54) is 110 Å². The van der Waals surface area contributed by atoms with Crippen molar-refractivity contribution < 1.29 is 98.8 Å². The predicted octanol–water partition coefficient (Wildman–Crippen LogP) is 7.21. The second-order valence-electron chi connectivity index (χ2n) is 17.1. The summed E-state index contributed by atoms with van der Waals surface area (Å²) in [6.45, 7) is 5.27. The third-order valence-corrected chi connectivity index (χ3v) is 11.7. The first-order valence-electron chi connectivity index (χ1n) is 23.5. The Morgan fingerprint density at radius 2 is 1.17 bits per heavy atom. The Balaban J connectivity index is 1.62. The first kappa shape index (κ1) is 56.6. The topological polar surface area (TPSA) is 233 Å². The predicted molar refractivity (Wildman–Crippen MR) is 253 cm³/mol. The van der Waals surface area contributed by atoms with Gasteiger partial charge in [0.15, 0.2) is 18.3 Å². The van der Waals surface area contributed by atoms with Crippen LogP contribution >= 0.6 is 0 Å². The lowest BCUT2D eigenvalue weighted by Gasteiger charge is -2.51. The number of carbonyl (C=O) groups is 7. The number of carbonyl (C=O) groups excluding carboxylic acids is 7. The molecule has 19 nitrogen and oxygen atoms in total. The van der Waals surface area contributed by atoms with E-state index in [1.54, 1.807) is 25.1 Å². The van der Waals surface area contributed by atoms with Crippen molar-refractivity contribution in [1.29, 1.82) is 0 Å². The fourth-order valence-corrected chi connectivity index (χ4v) is 8.28. The van der Waals surface area contributed by atoms with Gasteiger partial charge in [0, 0.05) is 26.7 Å². The van der Waals surface area contributed by atoms with Crippen LogP contribution in [-0.2, 0) is 71.3 Å². The van der Waals surface area contributed by atoms with Gasteiger partial charge in [0.25, 0.3) is 11.7 Å². The number of hydrogen-bond acceptors (Lipinski definition) is 19. The molecule has 0 aliphatic carbocycles.